The van der Waals surface area contributed by atoms with E-state index < -0.39 is 7.92 Å². The maximum Gasteiger partial charge on any atom is 0.0724 e. The van der Waals surface area contributed by atoms with Gasteiger partial charge in [-0.05, 0) is 42.5 Å². The minimum absolute atomic E-state index is 0.442. The van der Waals surface area contributed by atoms with Gasteiger partial charge in [0, 0.05) is 13.6 Å². The molecule has 0 aliphatic carbocycles. The SMILES string of the molecule is Cc1ccc(P(c2ccc(C)cc2)c2cccc(C(C)C)n2)cc1. The maximum absolute atomic E-state index is 5.00. The van der Waals surface area contributed by atoms with Crippen molar-refractivity contribution in [2.24, 2.45) is 0 Å². The molecule has 2 aromatic carbocycles. The fourth-order valence-electron chi connectivity index (χ4n) is 2.69. The molecule has 0 radical (unpaired) electrons. The lowest BCUT2D eigenvalue weighted by Gasteiger charge is -2.20. The van der Waals surface area contributed by atoms with Gasteiger partial charge in [-0.3, -0.25) is 4.98 Å². The highest BCUT2D eigenvalue weighted by atomic mass is 31.1. The monoisotopic (exact) mass is 333 g/mol. The second-order valence-corrected chi connectivity index (χ2v) is 8.74. The molecule has 0 spiro atoms. The van der Waals surface area contributed by atoms with Crippen molar-refractivity contribution in [3.63, 3.8) is 0 Å². The lowest BCUT2D eigenvalue weighted by atomic mass is 10.1. The first-order chi connectivity index (χ1) is 11.5. The van der Waals surface area contributed by atoms with Crippen molar-refractivity contribution < 1.29 is 0 Å². The van der Waals surface area contributed by atoms with Crippen LogP contribution in [0.25, 0.3) is 0 Å². The maximum atomic E-state index is 5.00. The summed E-state index contributed by atoms with van der Waals surface area (Å²) in [7, 11) is -0.623. The van der Waals surface area contributed by atoms with Crippen LogP contribution < -0.4 is 16.0 Å². The van der Waals surface area contributed by atoms with Crippen molar-refractivity contribution in [3.8, 4) is 0 Å². The van der Waals surface area contributed by atoms with Crippen LogP contribution in [0.1, 0.15) is 36.6 Å². The number of benzene rings is 2. The average molecular weight is 333 g/mol. The molecule has 1 nitrogen and oxygen atoms in total. The summed E-state index contributed by atoms with van der Waals surface area (Å²) < 4.78 is 0. The Hall–Kier alpha value is -1.98. The van der Waals surface area contributed by atoms with Gasteiger partial charge in [0.2, 0.25) is 0 Å². The van der Waals surface area contributed by atoms with Crippen molar-refractivity contribution in [2.45, 2.75) is 33.6 Å². The third kappa shape index (κ3) is 3.74. The van der Waals surface area contributed by atoms with Gasteiger partial charge in [0.1, 0.15) is 0 Å². The van der Waals surface area contributed by atoms with E-state index in [2.05, 4.69) is 94.4 Å². The van der Waals surface area contributed by atoms with Crippen LogP contribution in [0.3, 0.4) is 0 Å². The standard InChI is InChI=1S/C22H24NP/c1-16(2)21-6-5-7-22(23-21)24(19-12-8-17(3)9-13-19)20-14-10-18(4)11-15-20/h5-16H,1-4H3. The zero-order valence-electron chi connectivity index (χ0n) is 14.8. The van der Waals surface area contributed by atoms with Crippen molar-refractivity contribution in [1.82, 2.24) is 4.98 Å². The molecular formula is C22H24NP. The van der Waals surface area contributed by atoms with Crippen molar-refractivity contribution in [3.05, 3.63) is 83.6 Å². The largest absolute Gasteiger partial charge is 0.252 e. The van der Waals surface area contributed by atoms with E-state index in [1.54, 1.807) is 0 Å². The fraction of sp³-hybridized carbons (Fsp3) is 0.227. The van der Waals surface area contributed by atoms with Crippen LogP contribution in [0.15, 0.2) is 66.7 Å². The summed E-state index contributed by atoms with van der Waals surface area (Å²) in [6.07, 6.45) is 0. The number of hydrogen-bond donors (Lipinski definition) is 0. The van der Waals surface area contributed by atoms with E-state index in [1.807, 2.05) is 0 Å². The van der Waals surface area contributed by atoms with Crippen molar-refractivity contribution >= 4 is 24.0 Å². The smallest absolute Gasteiger partial charge is 0.0724 e. The number of nitrogens with zero attached hydrogens (tertiary/aromatic N) is 1. The molecule has 0 saturated carbocycles. The molecule has 0 aliphatic heterocycles. The van der Waals surface area contributed by atoms with Gasteiger partial charge in [0.15, 0.2) is 0 Å². The second kappa shape index (κ2) is 7.28. The predicted octanol–water partition coefficient (Wildman–Crippen LogP) is 4.58. The first kappa shape index (κ1) is 16.9. The molecule has 1 heterocycles. The molecular weight excluding hydrogens is 309 g/mol. The summed E-state index contributed by atoms with van der Waals surface area (Å²) in [5, 5.41) is 2.71. The Morgan fingerprint density at radius 2 is 1.21 bits per heavy atom. The molecule has 122 valence electrons. The van der Waals surface area contributed by atoms with E-state index in [9.17, 15) is 0 Å². The highest BCUT2D eigenvalue weighted by molar-refractivity contribution is 7.79. The first-order valence-corrected chi connectivity index (χ1v) is 9.79. The molecule has 2 heteroatoms. The number of aromatic nitrogens is 1. The molecule has 0 amide bonds. The van der Waals surface area contributed by atoms with E-state index in [-0.39, 0.29) is 0 Å². The zero-order valence-corrected chi connectivity index (χ0v) is 15.7. The number of pyridine rings is 1. The third-order valence-corrected chi connectivity index (χ3v) is 6.50. The average Bonchev–Trinajstić information content (AvgIpc) is 2.59. The van der Waals surface area contributed by atoms with Crippen LogP contribution in [0.5, 0.6) is 0 Å². The van der Waals surface area contributed by atoms with Crippen LogP contribution in [0, 0.1) is 13.8 Å². The van der Waals surface area contributed by atoms with Crippen LogP contribution in [0.4, 0.5) is 0 Å². The number of aryl methyl sites for hydroxylation is 2. The van der Waals surface area contributed by atoms with Gasteiger partial charge in [-0.1, -0.05) is 79.6 Å². The van der Waals surface area contributed by atoms with Gasteiger partial charge in [-0.25, -0.2) is 0 Å². The molecule has 1 aromatic heterocycles. The Labute approximate surface area is 146 Å². The lowest BCUT2D eigenvalue weighted by molar-refractivity contribution is 0.828. The molecule has 0 atom stereocenters. The third-order valence-electron chi connectivity index (χ3n) is 4.16. The molecule has 3 rings (SSSR count). The normalized spacial score (nSPS) is 11.2. The van der Waals surface area contributed by atoms with Gasteiger partial charge in [-0.15, -0.1) is 0 Å². The van der Waals surface area contributed by atoms with E-state index in [0.717, 1.165) is 0 Å². The van der Waals surface area contributed by atoms with E-state index in [1.165, 1.54) is 32.9 Å². The quantitative estimate of drug-likeness (QED) is 0.637. The summed E-state index contributed by atoms with van der Waals surface area (Å²) >= 11 is 0. The van der Waals surface area contributed by atoms with Crippen LogP contribution in [0.2, 0.25) is 0 Å². The van der Waals surface area contributed by atoms with Crippen LogP contribution in [-0.2, 0) is 0 Å². The minimum Gasteiger partial charge on any atom is -0.252 e. The molecule has 0 aliphatic rings. The first-order valence-electron chi connectivity index (χ1n) is 8.45. The Morgan fingerprint density at radius 3 is 1.67 bits per heavy atom. The Balaban J connectivity index is 2.12. The molecule has 24 heavy (non-hydrogen) atoms. The van der Waals surface area contributed by atoms with Gasteiger partial charge in [0.25, 0.3) is 0 Å². The minimum atomic E-state index is -0.623. The summed E-state index contributed by atoms with van der Waals surface area (Å²) in [5.41, 5.74) is 4.94. The highest BCUT2D eigenvalue weighted by Crippen LogP contribution is 2.32. The molecule has 0 unspecified atom stereocenters. The Morgan fingerprint density at radius 1 is 0.708 bits per heavy atom. The van der Waals surface area contributed by atoms with Gasteiger partial charge >= 0.3 is 0 Å². The summed E-state index contributed by atoms with van der Waals surface area (Å²) in [6, 6.07) is 24.3. The Bertz CT molecular complexity index is 759. The van der Waals surface area contributed by atoms with Gasteiger partial charge in [0.05, 0.1) is 5.44 Å². The van der Waals surface area contributed by atoms with E-state index >= 15 is 0 Å². The number of rotatable bonds is 4. The zero-order chi connectivity index (χ0) is 17.1. The van der Waals surface area contributed by atoms with Crippen LogP contribution >= 0.6 is 7.92 Å². The highest BCUT2D eigenvalue weighted by Gasteiger charge is 2.18. The molecule has 0 bridgehead atoms. The van der Waals surface area contributed by atoms with Gasteiger partial charge < -0.3 is 0 Å². The van der Waals surface area contributed by atoms with Gasteiger partial charge in [-0.2, -0.15) is 0 Å². The van der Waals surface area contributed by atoms with E-state index in [0.29, 0.717) is 5.92 Å². The van der Waals surface area contributed by atoms with E-state index in [4.69, 9.17) is 4.98 Å². The molecule has 0 fully saturated rings. The number of hydrogen-bond acceptors (Lipinski definition) is 1. The Kier molecular flexibility index (Phi) is 5.11. The van der Waals surface area contributed by atoms with Crippen molar-refractivity contribution in [1.29, 1.82) is 0 Å². The summed E-state index contributed by atoms with van der Waals surface area (Å²) in [6.45, 7) is 8.67. The summed E-state index contributed by atoms with van der Waals surface area (Å²) in [4.78, 5) is 5.00. The molecule has 0 N–H and O–H groups in total. The van der Waals surface area contributed by atoms with Crippen molar-refractivity contribution in [2.75, 3.05) is 0 Å². The molecule has 3 aromatic rings. The van der Waals surface area contributed by atoms with Crippen LogP contribution in [-0.4, -0.2) is 4.98 Å². The molecule has 0 saturated heterocycles. The fourth-order valence-corrected chi connectivity index (χ4v) is 4.86. The lowest BCUT2D eigenvalue weighted by Crippen LogP contribution is -2.23. The predicted molar refractivity (Wildman–Crippen MR) is 107 cm³/mol. The second-order valence-electron chi connectivity index (χ2n) is 6.58. The topological polar surface area (TPSA) is 12.9 Å². The summed E-state index contributed by atoms with van der Waals surface area (Å²) in [5.74, 6) is 0.442.